The van der Waals surface area contributed by atoms with Crippen molar-refractivity contribution in [2.75, 3.05) is 19.6 Å². The molecular formula is C23H33N3O2. The number of pyridine rings is 1. The Labute approximate surface area is 168 Å². The Balaban J connectivity index is 1.37. The minimum absolute atomic E-state index is 0.140. The fourth-order valence-corrected chi connectivity index (χ4v) is 5.47. The summed E-state index contributed by atoms with van der Waals surface area (Å²) in [4.78, 5) is 33.9. The predicted octanol–water partition coefficient (Wildman–Crippen LogP) is 3.78. The molecule has 3 aliphatic rings. The van der Waals surface area contributed by atoms with Crippen LogP contribution < -0.4 is 0 Å². The minimum atomic E-state index is -0.140. The maximum atomic E-state index is 13.2. The number of amides is 2. The van der Waals surface area contributed by atoms with Gasteiger partial charge in [-0.3, -0.25) is 14.6 Å². The molecule has 0 aromatic carbocycles. The van der Waals surface area contributed by atoms with E-state index >= 15 is 0 Å². The molecule has 0 N–H and O–H groups in total. The van der Waals surface area contributed by atoms with Crippen LogP contribution in [0.5, 0.6) is 0 Å². The fraction of sp³-hybridized carbons (Fsp3) is 0.696. The highest BCUT2D eigenvalue weighted by molar-refractivity contribution is 5.82. The molecule has 5 nitrogen and oxygen atoms in total. The van der Waals surface area contributed by atoms with Gasteiger partial charge in [0.25, 0.3) is 0 Å². The Morgan fingerprint density at radius 3 is 2.39 bits per heavy atom. The number of piperidine rings is 2. The molecule has 2 aliphatic heterocycles. The molecule has 1 aromatic heterocycles. The maximum absolute atomic E-state index is 13.2. The highest BCUT2D eigenvalue weighted by Gasteiger charge is 2.44. The van der Waals surface area contributed by atoms with Gasteiger partial charge in [0.15, 0.2) is 0 Å². The second-order valence-corrected chi connectivity index (χ2v) is 9.52. The van der Waals surface area contributed by atoms with Gasteiger partial charge >= 0.3 is 0 Å². The lowest BCUT2D eigenvalue weighted by Gasteiger charge is -2.49. The van der Waals surface area contributed by atoms with Crippen LogP contribution in [0.4, 0.5) is 0 Å². The van der Waals surface area contributed by atoms with Crippen molar-refractivity contribution in [3.8, 4) is 0 Å². The van der Waals surface area contributed by atoms with Crippen LogP contribution in [0, 0.1) is 10.8 Å². The molecule has 3 heterocycles. The number of nitrogens with zero attached hydrogens (tertiary/aromatic N) is 3. The minimum Gasteiger partial charge on any atom is -0.342 e. The van der Waals surface area contributed by atoms with E-state index in [2.05, 4.69) is 16.8 Å². The molecule has 2 saturated heterocycles. The summed E-state index contributed by atoms with van der Waals surface area (Å²) < 4.78 is 0. The molecule has 1 spiro atoms. The second kappa shape index (κ2) is 7.84. The molecule has 2 amide bonds. The average Bonchev–Trinajstić information content (AvgIpc) is 2.72. The molecule has 0 bridgehead atoms. The molecule has 1 saturated carbocycles. The van der Waals surface area contributed by atoms with Gasteiger partial charge in [-0.1, -0.05) is 26.2 Å². The van der Waals surface area contributed by atoms with Crippen LogP contribution in [0.3, 0.4) is 0 Å². The topological polar surface area (TPSA) is 53.5 Å². The van der Waals surface area contributed by atoms with Gasteiger partial charge in [-0.2, -0.15) is 0 Å². The van der Waals surface area contributed by atoms with Crippen LogP contribution in [0.15, 0.2) is 24.5 Å². The van der Waals surface area contributed by atoms with Crippen LogP contribution >= 0.6 is 0 Å². The molecule has 0 unspecified atom stereocenters. The molecule has 1 aliphatic carbocycles. The molecular weight excluding hydrogens is 350 g/mol. The van der Waals surface area contributed by atoms with Crippen molar-refractivity contribution in [1.82, 2.24) is 14.8 Å². The Morgan fingerprint density at radius 1 is 1.04 bits per heavy atom. The predicted molar refractivity (Wildman–Crippen MR) is 108 cm³/mol. The SMILES string of the molecule is CC1(C(=O)N2CCC3(CCC(=O)N(Cc4ccncc4)C3)CC2)CCCCC1. The van der Waals surface area contributed by atoms with Gasteiger partial charge in [-0.15, -0.1) is 0 Å². The second-order valence-electron chi connectivity index (χ2n) is 9.52. The summed E-state index contributed by atoms with van der Waals surface area (Å²) in [5.41, 5.74) is 1.18. The third-order valence-corrected chi connectivity index (χ3v) is 7.46. The van der Waals surface area contributed by atoms with Crippen LogP contribution in [0.1, 0.15) is 70.3 Å². The Kier molecular flexibility index (Phi) is 5.44. The van der Waals surface area contributed by atoms with E-state index in [9.17, 15) is 9.59 Å². The molecule has 28 heavy (non-hydrogen) atoms. The van der Waals surface area contributed by atoms with Crippen molar-refractivity contribution in [1.29, 1.82) is 0 Å². The summed E-state index contributed by atoms with van der Waals surface area (Å²) in [6, 6.07) is 3.97. The molecule has 0 atom stereocenters. The fourth-order valence-electron chi connectivity index (χ4n) is 5.47. The van der Waals surface area contributed by atoms with E-state index in [-0.39, 0.29) is 16.7 Å². The summed E-state index contributed by atoms with van der Waals surface area (Å²) in [6.45, 7) is 5.38. The lowest BCUT2D eigenvalue weighted by atomic mass is 9.70. The van der Waals surface area contributed by atoms with Gasteiger partial charge in [0.1, 0.15) is 0 Å². The van der Waals surface area contributed by atoms with Gasteiger partial charge in [-0.25, -0.2) is 0 Å². The van der Waals surface area contributed by atoms with Crippen molar-refractivity contribution in [2.45, 2.75) is 71.3 Å². The molecule has 152 valence electrons. The van der Waals surface area contributed by atoms with E-state index in [0.29, 0.717) is 18.9 Å². The van der Waals surface area contributed by atoms with Gasteiger partial charge in [-0.05, 0) is 55.2 Å². The molecule has 4 rings (SSSR count). The molecule has 0 radical (unpaired) electrons. The number of rotatable bonds is 3. The molecule has 5 heteroatoms. The molecule has 1 aromatic rings. The summed E-state index contributed by atoms with van der Waals surface area (Å²) in [5, 5.41) is 0. The number of likely N-dealkylation sites (tertiary alicyclic amines) is 2. The van der Waals surface area contributed by atoms with E-state index < -0.39 is 0 Å². The summed E-state index contributed by atoms with van der Waals surface area (Å²) in [7, 11) is 0. The number of aromatic nitrogens is 1. The summed E-state index contributed by atoms with van der Waals surface area (Å²) >= 11 is 0. The van der Waals surface area contributed by atoms with Crippen molar-refractivity contribution >= 4 is 11.8 Å². The third kappa shape index (κ3) is 3.94. The Hall–Kier alpha value is -1.91. The number of hydrogen-bond donors (Lipinski definition) is 0. The van der Waals surface area contributed by atoms with Crippen LogP contribution in [-0.2, 0) is 16.1 Å². The highest BCUT2D eigenvalue weighted by atomic mass is 16.2. The van der Waals surface area contributed by atoms with Gasteiger partial charge in [0, 0.05) is 50.4 Å². The zero-order valence-electron chi connectivity index (χ0n) is 17.2. The Morgan fingerprint density at radius 2 is 1.71 bits per heavy atom. The van der Waals surface area contributed by atoms with Crippen molar-refractivity contribution < 1.29 is 9.59 Å². The van der Waals surface area contributed by atoms with Crippen molar-refractivity contribution in [3.05, 3.63) is 30.1 Å². The normalized spacial score (nSPS) is 24.4. The monoisotopic (exact) mass is 383 g/mol. The quantitative estimate of drug-likeness (QED) is 0.798. The first-order valence-corrected chi connectivity index (χ1v) is 11.0. The first kappa shape index (κ1) is 19.4. The zero-order chi connectivity index (χ0) is 19.6. The first-order chi connectivity index (χ1) is 13.5. The largest absolute Gasteiger partial charge is 0.342 e. The van der Waals surface area contributed by atoms with Crippen LogP contribution in [0.2, 0.25) is 0 Å². The van der Waals surface area contributed by atoms with E-state index in [1.165, 1.54) is 19.3 Å². The lowest BCUT2D eigenvalue weighted by Crippen LogP contribution is -2.54. The number of carbonyl (C=O) groups excluding carboxylic acids is 2. The zero-order valence-corrected chi connectivity index (χ0v) is 17.2. The van der Waals surface area contributed by atoms with Crippen molar-refractivity contribution in [2.24, 2.45) is 10.8 Å². The smallest absolute Gasteiger partial charge is 0.228 e. The van der Waals surface area contributed by atoms with E-state index in [1.54, 1.807) is 12.4 Å². The van der Waals surface area contributed by atoms with Gasteiger partial charge in [0.05, 0.1) is 0 Å². The van der Waals surface area contributed by atoms with E-state index in [1.807, 2.05) is 17.0 Å². The standard InChI is InChI=1S/C23H33N3O2/c1-22(8-3-2-4-9-22)21(28)25-15-11-23(12-16-25)10-5-20(27)26(18-23)17-19-6-13-24-14-7-19/h6-7,13-14H,2-5,8-12,15-18H2,1H3. The van der Waals surface area contributed by atoms with E-state index in [4.69, 9.17) is 0 Å². The first-order valence-electron chi connectivity index (χ1n) is 11.0. The maximum Gasteiger partial charge on any atom is 0.228 e. The number of hydrogen-bond acceptors (Lipinski definition) is 3. The Bertz CT molecular complexity index is 704. The van der Waals surface area contributed by atoms with Crippen LogP contribution in [-0.4, -0.2) is 46.2 Å². The number of carbonyl (C=O) groups is 2. The third-order valence-electron chi connectivity index (χ3n) is 7.46. The van der Waals surface area contributed by atoms with Crippen molar-refractivity contribution in [3.63, 3.8) is 0 Å². The summed E-state index contributed by atoms with van der Waals surface area (Å²) in [5.74, 6) is 0.637. The summed E-state index contributed by atoms with van der Waals surface area (Å²) in [6.07, 6.45) is 13.0. The van der Waals surface area contributed by atoms with Crippen LogP contribution in [0.25, 0.3) is 0 Å². The van der Waals surface area contributed by atoms with E-state index in [0.717, 1.165) is 57.3 Å². The lowest BCUT2D eigenvalue weighted by molar-refractivity contribution is -0.149. The molecule has 3 fully saturated rings. The average molecular weight is 384 g/mol. The van der Waals surface area contributed by atoms with Gasteiger partial charge in [0.2, 0.25) is 11.8 Å². The highest BCUT2D eigenvalue weighted by Crippen LogP contribution is 2.43. The van der Waals surface area contributed by atoms with Gasteiger partial charge < -0.3 is 9.80 Å².